The van der Waals surface area contributed by atoms with Gasteiger partial charge in [0.25, 0.3) is 5.91 Å². The molecule has 21 heavy (non-hydrogen) atoms. The van der Waals surface area contributed by atoms with Crippen LogP contribution in [-0.4, -0.2) is 43.4 Å². The van der Waals surface area contributed by atoms with Crippen LogP contribution < -0.4 is 0 Å². The third kappa shape index (κ3) is 1.98. The molecular weight excluding hydrogens is 270 g/mol. The van der Waals surface area contributed by atoms with E-state index in [1.54, 1.807) is 10.6 Å². The molecule has 1 amide bonds. The summed E-state index contributed by atoms with van der Waals surface area (Å²) in [4.78, 5) is 30.1. The zero-order chi connectivity index (χ0) is 15.0. The summed E-state index contributed by atoms with van der Waals surface area (Å²) >= 11 is 0. The standard InChI is InChI=1S/C15H17N3O3/c1-2-15(14(20)21)7-5-9-18(15)13(19)11-10-17-8-4-3-6-12(17)16-11/h3-4,6,8,10H,2,5,7,9H2,1H3,(H,20,21). The van der Waals surface area contributed by atoms with Crippen molar-refractivity contribution in [2.24, 2.45) is 0 Å². The van der Waals surface area contributed by atoms with E-state index in [0.29, 0.717) is 37.1 Å². The van der Waals surface area contributed by atoms with Gasteiger partial charge in [0.15, 0.2) is 0 Å². The minimum atomic E-state index is -1.09. The Balaban J connectivity index is 1.99. The maximum absolute atomic E-state index is 12.7. The molecule has 0 saturated carbocycles. The topological polar surface area (TPSA) is 74.9 Å². The highest BCUT2D eigenvalue weighted by Crippen LogP contribution is 2.33. The van der Waals surface area contributed by atoms with E-state index in [2.05, 4.69) is 4.98 Å². The van der Waals surface area contributed by atoms with Gasteiger partial charge in [0.05, 0.1) is 0 Å². The van der Waals surface area contributed by atoms with Crippen LogP contribution in [0.2, 0.25) is 0 Å². The van der Waals surface area contributed by atoms with Gasteiger partial charge >= 0.3 is 5.97 Å². The monoisotopic (exact) mass is 287 g/mol. The van der Waals surface area contributed by atoms with Crippen LogP contribution in [0.25, 0.3) is 5.65 Å². The maximum atomic E-state index is 12.7. The molecular formula is C15H17N3O3. The van der Waals surface area contributed by atoms with Gasteiger partial charge < -0.3 is 14.4 Å². The summed E-state index contributed by atoms with van der Waals surface area (Å²) in [6, 6.07) is 5.51. The average molecular weight is 287 g/mol. The molecule has 3 rings (SSSR count). The lowest BCUT2D eigenvalue weighted by molar-refractivity contribution is -0.148. The van der Waals surface area contributed by atoms with Crippen molar-refractivity contribution >= 4 is 17.5 Å². The first kappa shape index (κ1) is 13.6. The number of imidazole rings is 1. The predicted molar refractivity (Wildman–Crippen MR) is 76.1 cm³/mol. The summed E-state index contributed by atoms with van der Waals surface area (Å²) in [7, 11) is 0. The number of rotatable bonds is 3. The second kappa shape index (κ2) is 4.87. The first-order chi connectivity index (χ1) is 10.1. The van der Waals surface area contributed by atoms with Crippen LogP contribution in [-0.2, 0) is 4.79 Å². The van der Waals surface area contributed by atoms with Crippen LogP contribution in [0, 0.1) is 0 Å². The number of carbonyl (C=O) groups excluding carboxylic acids is 1. The number of hydrogen-bond donors (Lipinski definition) is 1. The molecule has 0 aliphatic carbocycles. The number of nitrogens with zero attached hydrogens (tertiary/aromatic N) is 3. The van der Waals surface area contributed by atoms with Crippen molar-refractivity contribution in [2.45, 2.75) is 31.7 Å². The van der Waals surface area contributed by atoms with Crippen molar-refractivity contribution in [1.29, 1.82) is 0 Å². The Morgan fingerprint density at radius 1 is 1.43 bits per heavy atom. The normalized spacial score (nSPS) is 21.9. The third-order valence-electron chi connectivity index (χ3n) is 4.30. The van der Waals surface area contributed by atoms with E-state index < -0.39 is 11.5 Å². The molecule has 2 aromatic rings. The zero-order valence-corrected chi connectivity index (χ0v) is 11.8. The van der Waals surface area contributed by atoms with Gasteiger partial charge in [-0.05, 0) is 31.4 Å². The Morgan fingerprint density at radius 3 is 2.90 bits per heavy atom. The van der Waals surface area contributed by atoms with Crippen LogP contribution in [0.15, 0.2) is 30.6 Å². The van der Waals surface area contributed by atoms with Crippen molar-refractivity contribution in [3.63, 3.8) is 0 Å². The van der Waals surface area contributed by atoms with Gasteiger partial charge in [0, 0.05) is 18.9 Å². The molecule has 1 atom stereocenters. The molecule has 2 aromatic heterocycles. The Hall–Kier alpha value is -2.37. The number of carbonyl (C=O) groups is 2. The summed E-state index contributed by atoms with van der Waals surface area (Å²) < 4.78 is 1.76. The Labute approximate surface area is 122 Å². The minimum absolute atomic E-state index is 0.294. The van der Waals surface area contributed by atoms with Crippen LogP contribution in [0.3, 0.4) is 0 Å². The van der Waals surface area contributed by atoms with Crippen molar-refractivity contribution in [3.05, 3.63) is 36.3 Å². The third-order valence-corrected chi connectivity index (χ3v) is 4.30. The van der Waals surface area contributed by atoms with E-state index in [1.165, 1.54) is 4.90 Å². The first-order valence-corrected chi connectivity index (χ1v) is 7.07. The number of carboxylic acids is 1. The number of aromatic nitrogens is 2. The smallest absolute Gasteiger partial charge is 0.329 e. The molecule has 1 saturated heterocycles. The van der Waals surface area contributed by atoms with Crippen molar-refractivity contribution in [3.8, 4) is 0 Å². The van der Waals surface area contributed by atoms with E-state index in [1.807, 2.05) is 31.3 Å². The SMILES string of the molecule is CCC1(C(=O)O)CCCN1C(=O)c1cn2ccccc2n1. The average Bonchev–Trinajstić information content (AvgIpc) is 3.10. The zero-order valence-electron chi connectivity index (χ0n) is 11.8. The van der Waals surface area contributed by atoms with Gasteiger partial charge in [0.2, 0.25) is 0 Å². The lowest BCUT2D eigenvalue weighted by Gasteiger charge is -2.33. The van der Waals surface area contributed by atoms with Gasteiger partial charge in [-0.15, -0.1) is 0 Å². The van der Waals surface area contributed by atoms with Crippen molar-refractivity contribution in [2.75, 3.05) is 6.54 Å². The number of pyridine rings is 1. The molecule has 0 spiro atoms. The summed E-state index contributed by atoms with van der Waals surface area (Å²) in [6.45, 7) is 2.27. The fourth-order valence-electron chi connectivity index (χ4n) is 3.09. The molecule has 6 nitrogen and oxygen atoms in total. The van der Waals surface area contributed by atoms with Gasteiger partial charge in [-0.25, -0.2) is 9.78 Å². The lowest BCUT2D eigenvalue weighted by Crippen LogP contribution is -2.52. The molecule has 1 N–H and O–H groups in total. The highest BCUT2D eigenvalue weighted by molar-refractivity contribution is 5.97. The summed E-state index contributed by atoms with van der Waals surface area (Å²) in [6.07, 6.45) is 5.07. The van der Waals surface area contributed by atoms with Gasteiger partial charge in [-0.2, -0.15) is 0 Å². The largest absolute Gasteiger partial charge is 0.479 e. The van der Waals surface area contributed by atoms with Crippen LogP contribution >= 0.6 is 0 Å². The molecule has 6 heteroatoms. The number of fused-ring (bicyclic) bond motifs is 1. The summed E-state index contributed by atoms with van der Waals surface area (Å²) in [5.74, 6) is -1.24. The predicted octanol–water partition coefficient (Wildman–Crippen LogP) is 1.80. The number of likely N-dealkylation sites (tertiary alicyclic amines) is 1. The Bertz CT molecular complexity index is 676. The summed E-state index contributed by atoms with van der Waals surface area (Å²) in [5, 5.41) is 9.55. The van der Waals surface area contributed by atoms with E-state index in [0.717, 1.165) is 0 Å². The van der Waals surface area contributed by atoms with E-state index in [4.69, 9.17) is 0 Å². The lowest BCUT2D eigenvalue weighted by atomic mass is 9.93. The number of carboxylic acid groups (broad SMARTS) is 1. The molecule has 1 aliphatic heterocycles. The van der Waals surface area contributed by atoms with Crippen LogP contribution in [0.1, 0.15) is 36.7 Å². The van der Waals surface area contributed by atoms with Crippen molar-refractivity contribution in [1.82, 2.24) is 14.3 Å². The van der Waals surface area contributed by atoms with Gasteiger partial charge in [-0.1, -0.05) is 13.0 Å². The fraction of sp³-hybridized carbons (Fsp3) is 0.400. The number of aliphatic carboxylic acids is 1. The number of hydrogen-bond acceptors (Lipinski definition) is 3. The Morgan fingerprint density at radius 2 is 2.24 bits per heavy atom. The Kier molecular flexibility index (Phi) is 3.16. The highest BCUT2D eigenvalue weighted by Gasteiger charge is 2.49. The van der Waals surface area contributed by atoms with Crippen molar-refractivity contribution < 1.29 is 14.7 Å². The summed E-state index contributed by atoms with van der Waals surface area (Å²) in [5.41, 5.74) is -0.118. The molecule has 110 valence electrons. The second-order valence-corrected chi connectivity index (χ2v) is 5.34. The van der Waals surface area contributed by atoms with Crippen LogP contribution in [0.5, 0.6) is 0 Å². The first-order valence-electron chi connectivity index (χ1n) is 7.07. The molecule has 1 fully saturated rings. The highest BCUT2D eigenvalue weighted by atomic mass is 16.4. The maximum Gasteiger partial charge on any atom is 0.329 e. The fourth-order valence-corrected chi connectivity index (χ4v) is 3.09. The van der Waals surface area contributed by atoms with E-state index in [9.17, 15) is 14.7 Å². The van der Waals surface area contributed by atoms with Gasteiger partial charge in [-0.3, -0.25) is 4.79 Å². The quantitative estimate of drug-likeness (QED) is 0.934. The van der Waals surface area contributed by atoms with E-state index >= 15 is 0 Å². The molecule has 0 radical (unpaired) electrons. The minimum Gasteiger partial charge on any atom is -0.479 e. The van der Waals surface area contributed by atoms with Crippen LogP contribution in [0.4, 0.5) is 0 Å². The van der Waals surface area contributed by atoms with Gasteiger partial charge in [0.1, 0.15) is 16.9 Å². The second-order valence-electron chi connectivity index (χ2n) is 5.34. The number of amides is 1. The molecule has 3 heterocycles. The molecule has 1 unspecified atom stereocenters. The molecule has 1 aliphatic rings. The van der Waals surface area contributed by atoms with E-state index in [-0.39, 0.29) is 5.91 Å². The molecule has 0 bridgehead atoms. The molecule has 0 aromatic carbocycles.